The summed E-state index contributed by atoms with van der Waals surface area (Å²) in [5.41, 5.74) is 2.43. The average molecular weight is 277 g/mol. The van der Waals surface area contributed by atoms with Gasteiger partial charge in [0.2, 0.25) is 0 Å². The van der Waals surface area contributed by atoms with Gasteiger partial charge < -0.3 is 9.84 Å². The van der Waals surface area contributed by atoms with Crippen LogP contribution in [0.15, 0.2) is 18.2 Å². The highest BCUT2D eigenvalue weighted by molar-refractivity contribution is 5.70. The number of benzene rings is 1. The van der Waals surface area contributed by atoms with Crippen molar-refractivity contribution in [2.45, 2.75) is 26.7 Å². The Labute approximate surface area is 120 Å². The molecule has 1 N–H and O–H groups in total. The summed E-state index contributed by atoms with van der Waals surface area (Å²) in [4.78, 5) is 13.2. The number of aliphatic carboxylic acids is 1. The lowest BCUT2D eigenvalue weighted by Crippen LogP contribution is -2.38. The van der Waals surface area contributed by atoms with Crippen LogP contribution in [0.1, 0.15) is 24.0 Å². The standard InChI is InChI=1S/C16H23NO3/c1-12-4-3-5-15(13(12)2)20-11-10-17-8-6-14(7-9-17)16(18)19/h3-5,14H,6-11H2,1-2H3,(H,18,19). The zero-order chi connectivity index (χ0) is 14.5. The van der Waals surface area contributed by atoms with Crippen molar-refractivity contribution in [2.75, 3.05) is 26.2 Å². The SMILES string of the molecule is Cc1cccc(OCCN2CCC(C(=O)O)CC2)c1C. The van der Waals surface area contributed by atoms with Gasteiger partial charge in [-0.1, -0.05) is 12.1 Å². The van der Waals surface area contributed by atoms with Crippen molar-refractivity contribution in [2.24, 2.45) is 5.92 Å². The topological polar surface area (TPSA) is 49.8 Å². The third-order valence-electron chi connectivity index (χ3n) is 4.16. The Morgan fingerprint density at radius 3 is 2.70 bits per heavy atom. The lowest BCUT2D eigenvalue weighted by molar-refractivity contribution is -0.143. The zero-order valence-electron chi connectivity index (χ0n) is 12.3. The fourth-order valence-electron chi connectivity index (χ4n) is 2.57. The minimum Gasteiger partial charge on any atom is -0.492 e. The van der Waals surface area contributed by atoms with Crippen molar-refractivity contribution in [3.63, 3.8) is 0 Å². The van der Waals surface area contributed by atoms with Gasteiger partial charge in [-0.25, -0.2) is 0 Å². The average Bonchev–Trinajstić information content (AvgIpc) is 2.44. The van der Waals surface area contributed by atoms with Crippen molar-refractivity contribution < 1.29 is 14.6 Å². The van der Waals surface area contributed by atoms with Gasteiger partial charge in [-0.15, -0.1) is 0 Å². The number of aryl methyl sites for hydroxylation is 1. The molecule has 0 aromatic heterocycles. The first-order chi connectivity index (χ1) is 9.58. The first-order valence-corrected chi connectivity index (χ1v) is 7.22. The summed E-state index contributed by atoms with van der Waals surface area (Å²) in [7, 11) is 0. The smallest absolute Gasteiger partial charge is 0.306 e. The Balaban J connectivity index is 1.74. The second-order valence-corrected chi connectivity index (χ2v) is 5.50. The molecule has 0 amide bonds. The maximum Gasteiger partial charge on any atom is 0.306 e. The van der Waals surface area contributed by atoms with E-state index in [0.717, 1.165) is 38.2 Å². The molecule has 20 heavy (non-hydrogen) atoms. The number of hydrogen-bond donors (Lipinski definition) is 1. The van der Waals surface area contributed by atoms with E-state index in [4.69, 9.17) is 9.84 Å². The Hall–Kier alpha value is -1.55. The van der Waals surface area contributed by atoms with Crippen LogP contribution in [0.3, 0.4) is 0 Å². The second-order valence-electron chi connectivity index (χ2n) is 5.50. The number of nitrogens with zero attached hydrogens (tertiary/aromatic N) is 1. The third-order valence-corrected chi connectivity index (χ3v) is 4.16. The molecule has 2 rings (SSSR count). The van der Waals surface area contributed by atoms with Crippen LogP contribution >= 0.6 is 0 Å². The summed E-state index contributed by atoms with van der Waals surface area (Å²) in [6.45, 7) is 7.38. The number of piperidine rings is 1. The Morgan fingerprint density at radius 1 is 1.35 bits per heavy atom. The fraction of sp³-hybridized carbons (Fsp3) is 0.562. The first kappa shape index (κ1) is 14.9. The van der Waals surface area contributed by atoms with E-state index in [9.17, 15) is 4.79 Å². The highest BCUT2D eigenvalue weighted by atomic mass is 16.5. The molecule has 4 heteroatoms. The molecule has 0 atom stereocenters. The number of likely N-dealkylation sites (tertiary alicyclic amines) is 1. The number of hydrogen-bond acceptors (Lipinski definition) is 3. The monoisotopic (exact) mass is 277 g/mol. The largest absolute Gasteiger partial charge is 0.492 e. The van der Waals surface area contributed by atoms with Gasteiger partial charge in [0.1, 0.15) is 12.4 Å². The number of rotatable bonds is 5. The summed E-state index contributed by atoms with van der Waals surface area (Å²) in [6.07, 6.45) is 1.50. The third kappa shape index (κ3) is 3.73. The quantitative estimate of drug-likeness (QED) is 0.898. The molecule has 0 bridgehead atoms. The highest BCUT2D eigenvalue weighted by Gasteiger charge is 2.24. The molecule has 0 saturated carbocycles. The van der Waals surface area contributed by atoms with E-state index in [2.05, 4.69) is 24.8 Å². The molecule has 0 unspecified atom stereocenters. The van der Waals surface area contributed by atoms with Gasteiger partial charge in [-0.2, -0.15) is 0 Å². The summed E-state index contributed by atoms with van der Waals surface area (Å²) >= 11 is 0. The van der Waals surface area contributed by atoms with Gasteiger partial charge in [0, 0.05) is 6.54 Å². The molecule has 1 fully saturated rings. The van der Waals surface area contributed by atoms with E-state index in [1.165, 1.54) is 11.1 Å². The molecule has 0 aliphatic carbocycles. The van der Waals surface area contributed by atoms with Crippen LogP contribution in [0.4, 0.5) is 0 Å². The van der Waals surface area contributed by atoms with Gasteiger partial charge in [0.05, 0.1) is 5.92 Å². The van der Waals surface area contributed by atoms with Crippen LogP contribution in [0, 0.1) is 19.8 Å². The van der Waals surface area contributed by atoms with E-state index < -0.39 is 5.97 Å². The van der Waals surface area contributed by atoms with Crippen LogP contribution < -0.4 is 4.74 Å². The molecule has 1 aromatic carbocycles. The summed E-state index contributed by atoms with van der Waals surface area (Å²) in [5.74, 6) is 0.132. The van der Waals surface area contributed by atoms with E-state index >= 15 is 0 Å². The molecular weight excluding hydrogens is 254 g/mol. The lowest BCUT2D eigenvalue weighted by atomic mass is 9.97. The predicted molar refractivity (Wildman–Crippen MR) is 78.2 cm³/mol. The summed E-state index contributed by atoms with van der Waals surface area (Å²) < 4.78 is 5.84. The molecular formula is C16H23NO3. The van der Waals surface area contributed by atoms with E-state index in [-0.39, 0.29) is 5.92 Å². The maximum absolute atomic E-state index is 10.9. The summed E-state index contributed by atoms with van der Waals surface area (Å²) in [5, 5.41) is 8.96. The van der Waals surface area contributed by atoms with E-state index in [0.29, 0.717) is 6.61 Å². The lowest BCUT2D eigenvalue weighted by Gasteiger charge is -2.29. The predicted octanol–water partition coefficient (Wildman–Crippen LogP) is 2.48. The number of carbonyl (C=O) groups is 1. The van der Waals surface area contributed by atoms with E-state index in [1.807, 2.05) is 12.1 Å². The van der Waals surface area contributed by atoms with Crippen molar-refractivity contribution in [1.82, 2.24) is 4.90 Å². The second kappa shape index (κ2) is 6.75. The van der Waals surface area contributed by atoms with Crippen LogP contribution in [0.25, 0.3) is 0 Å². The maximum atomic E-state index is 10.9. The molecule has 1 aliphatic rings. The van der Waals surface area contributed by atoms with Crippen molar-refractivity contribution >= 4 is 5.97 Å². The fourth-order valence-corrected chi connectivity index (χ4v) is 2.57. The number of carboxylic acids is 1. The normalized spacial score (nSPS) is 17.1. The van der Waals surface area contributed by atoms with Crippen molar-refractivity contribution in [1.29, 1.82) is 0 Å². The zero-order valence-corrected chi connectivity index (χ0v) is 12.3. The highest BCUT2D eigenvalue weighted by Crippen LogP contribution is 2.21. The molecule has 0 spiro atoms. The van der Waals surface area contributed by atoms with Gasteiger partial charge in [0.25, 0.3) is 0 Å². The summed E-state index contributed by atoms with van der Waals surface area (Å²) in [6, 6.07) is 6.09. The van der Waals surface area contributed by atoms with Crippen LogP contribution in [0.5, 0.6) is 5.75 Å². The van der Waals surface area contributed by atoms with Crippen LogP contribution in [0.2, 0.25) is 0 Å². The minimum atomic E-state index is -0.656. The Kier molecular flexibility index (Phi) is 5.01. The number of carboxylic acid groups (broad SMARTS) is 1. The molecule has 1 aliphatic heterocycles. The first-order valence-electron chi connectivity index (χ1n) is 7.22. The molecule has 0 radical (unpaired) electrons. The Bertz CT molecular complexity index is 465. The van der Waals surface area contributed by atoms with Gasteiger partial charge in [0.15, 0.2) is 0 Å². The minimum absolute atomic E-state index is 0.161. The van der Waals surface area contributed by atoms with Gasteiger partial charge >= 0.3 is 5.97 Å². The molecule has 1 heterocycles. The number of ether oxygens (including phenoxy) is 1. The van der Waals surface area contributed by atoms with Gasteiger partial charge in [-0.3, -0.25) is 9.69 Å². The van der Waals surface area contributed by atoms with E-state index in [1.54, 1.807) is 0 Å². The molecule has 110 valence electrons. The molecule has 4 nitrogen and oxygen atoms in total. The van der Waals surface area contributed by atoms with Crippen molar-refractivity contribution in [3.8, 4) is 5.75 Å². The van der Waals surface area contributed by atoms with Gasteiger partial charge in [-0.05, 0) is 57.0 Å². The van der Waals surface area contributed by atoms with Crippen LogP contribution in [-0.2, 0) is 4.79 Å². The Morgan fingerprint density at radius 2 is 2.05 bits per heavy atom. The van der Waals surface area contributed by atoms with Crippen LogP contribution in [-0.4, -0.2) is 42.2 Å². The molecule has 1 aromatic rings. The molecule has 1 saturated heterocycles. The van der Waals surface area contributed by atoms with Crippen molar-refractivity contribution in [3.05, 3.63) is 29.3 Å².